The molecule has 0 amide bonds. The Morgan fingerprint density at radius 2 is 1.92 bits per heavy atom. The van der Waals surface area contributed by atoms with Crippen molar-refractivity contribution in [1.82, 2.24) is 0 Å². The number of carbonyl (C=O) groups excluding carboxylic acids is 2. The molecule has 8 heteroatoms. The zero-order valence-electron chi connectivity index (χ0n) is 20.7. The molecule has 0 bridgehead atoms. The minimum absolute atomic E-state index is 0.0320. The van der Waals surface area contributed by atoms with Crippen LogP contribution in [0.3, 0.4) is 0 Å². The van der Waals surface area contributed by atoms with Crippen LogP contribution in [0.2, 0.25) is 5.02 Å². The fourth-order valence-electron chi connectivity index (χ4n) is 4.98. The first-order valence-electron chi connectivity index (χ1n) is 12.0. The number of benzene rings is 2. The van der Waals surface area contributed by atoms with Gasteiger partial charge in [-0.2, -0.15) is 0 Å². The maximum absolute atomic E-state index is 13.7. The lowest BCUT2D eigenvalue weighted by Gasteiger charge is -2.37. The number of esters is 1. The van der Waals surface area contributed by atoms with Crippen LogP contribution in [0.15, 0.2) is 57.1 Å². The van der Waals surface area contributed by atoms with Crippen LogP contribution in [-0.2, 0) is 14.3 Å². The number of rotatable bonds is 6. The van der Waals surface area contributed by atoms with E-state index in [1.807, 2.05) is 45.0 Å². The van der Waals surface area contributed by atoms with Gasteiger partial charge in [-0.05, 0) is 83.9 Å². The van der Waals surface area contributed by atoms with E-state index in [2.05, 4.69) is 15.9 Å². The molecule has 0 aromatic heterocycles. The Balaban J connectivity index is 1.83. The number of phenols is 1. The molecule has 4 atom stereocenters. The van der Waals surface area contributed by atoms with Gasteiger partial charge in [-0.1, -0.05) is 30.7 Å². The molecular weight excluding hydrogens is 546 g/mol. The van der Waals surface area contributed by atoms with Gasteiger partial charge in [0.05, 0.1) is 17.7 Å². The maximum Gasteiger partial charge on any atom is 0.315 e. The predicted octanol–water partition coefficient (Wildman–Crippen LogP) is 6.73. The monoisotopic (exact) mass is 573 g/mol. The molecule has 1 aliphatic heterocycles. The third-order valence-electron chi connectivity index (χ3n) is 7.01. The Hall–Kier alpha value is -2.64. The van der Waals surface area contributed by atoms with Gasteiger partial charge in [0.25, 0.3) is 0 Å². The lowest BCUT2D eigenvalue weighted by molar-refractivity contribution is -0.151. The summed E-state index contributed by atoms with van der Waals surface area (Å²) in [5.74, 6) is -1.69. The second kappa shape index (κ2) is 10.8. The second-order valence-electron chi connectivity index (χ2n) is 9.36. The summed E-state index contributed by atoms with van der Waals surface area (Å²) in [4.78, 5) is 31.9. The highest BCUT2D eigenvalue weighted by Crippen LogP contribution is 2.49. The molecule has 1 unspecified atom stereocenters. The van der Waals surface area contributed by atoms with Crippen LogP contribution in [0, 0.1) is 5.92 Å². The lowest BCUT2D eigenvalue weighted by atomic mass is 9.69. The highest BCUT2D eigenvalue weighted by Gasteiger charge is 2.45. The molecule has 6 nitrogen and oxygen atoms in total. The predicted molar refractivity (Wildman–Crippen MR) is 143 cm³/mol. The van der Waals surface area contributed by atoms with Crippen molar-refractivity contribution in [2.45, 2.75) is 58.0 Å². The van der Waals surface area contributed by atoms with Crippen LogP contribution in [0.25, 0.3) is 0 Å². The van der Waals surface area contributed by atoms with Crippen molar-refractivity contribution in [3.05, 3.63) is 68.3 Å². The smallest absolute Gasteiger partial charge is 0.315 e. The van der Waals surface area contributed by atoms with Crippen LogP contribution in [0.1, 0.15) is 63.0 Å². The van der Waals surface area contributed by atoms with Crippen molar-refractivity contribution in [3.63, 3.8) is 0 Å². The van der Waals surface area contributed by atoms with Gasteiger partial charge in [0.1, 0.15) is 5.92 Å². The summed E-state index contributed by atoms with van der Waals surface area (Å²) in [6.45, 7) is 5.60. The third kappa shape index (κ3) is 5.09. The summed E-state index contributed by atoms with van der Waals surface area (Å²) in [6.07, 6.45) is 1.28. The number of ketones is 1. The molecular formula is C28H29BrClNO5. The number of Topliss-reactive ketones (excluding diaryl/α,β-unsaturated/α-hetero) is 1. The number of nitrogens with zero attached hydrogens (tertiary/aromatic N) is 1. The van der Waals surface area contributed by atoms with E-state index in [4.69, 9.17) is 26.1 Å². The number of hydrogen-bond acceptors (Lipinski definition) is 6. The van der Waals surface area contributed by atoms with E-state index < -0.39 is 17.8 Å². The maximum atomic E-state index is 13.7. The minimum Gasteiger partial charge on any atom is -0.503 e. The first-order chi connectivity index (χ1) is 17.1. The summed E-state index contributed by atoms with van der Waals surface area (Å²) >= 11 is 9.45. The van der Waals surface area contributed by atoms with E-state index in [1.54, 1.807) is 12.1 Å². The Morgan fingerprint density at radius 3 is 2.56 bits per heavy atom. The molecule has 36 heavy (non-hydrogen) atoms. The van der Waals surface area contributed by atoms with Crippen LogP contribution in [0.4, 0.5) is 0 Å². The van der Waals surface area contributed by atoms with Crippen molar-refractivity contribution in [3.8, 4) is 11.5 Å². The average Bonchev–Trinajstić information content (AvgIpc) is 2.84. The van der Waals surface area contributed by atoms with Gasteiger partial charge in [-0.25, -0.2) is 0 Å². The minimum atomic E-state index is -0.769. The van der Waals surface area contributed by atoms with Crippen molar-refractivity contribution in [1.29, 1.82) is 0 Å². The summed E-state index contributed by atoms with van der Waals surface area (Å²) in [5, 5.41) is 11.0. The summed E-state index contributed by atoms with van der Waals surface area (Å²) in [6, 6.07) is 10.9. The van der Waals surface area contributed by atoms with Crippen LogP contribution in [-0.4, -0.2) is 35.8 Å². The fraction of sp³-hybridized carbons (Fsp3) is 0.393. The van der Waals surface area contributed by atoms with Crippen LogP contribution < -0.4 is 4.74 Å². The Morgan fingerprint density at radius 1 is 1.22 bits per heavy atom. The molecule has 2 aromatic rings. The number of halogens is 2. The quantitative estimate of drug-likeness (QED) is 0.387. The van der Waals surface area contributed by atoms with Crippen molar-refractivity contribution < 1.29 is 24.2 Å². The van der Waals surface area contributed by atoms with E-state index in [0.717, 1.165) is 5.56 Å². The number of ether oxygens (including phenoxy) is 2. The van der Waals surface area contributed by atoms with Crippen molar-refractivity contribution in [2.24, 2.45) is 10.9 Å². The zero-order chi connectivity index (χ0) is 26.1. The highest BCUT2D eigenvalue weighted by atomic mass is 79.9. The first kappa shape index (κ1) is 26.4. The molecule has 4 rings (SSSR count). The Labute approximate surface area is 224 Å². The van der Waals surface area contributed by atoms with Crippen LogP contribution in [0.5, 0.6) is 11.5 Å². The Bertz CT molecular complexity index is 1250. The molecule has 0 fully saturated rings. The van der Waals surface area contributed by atoms with Crippen LogP contribution >= 0.6 is 27.5 Å². The van der Waals surface area contributed by atoms with Gasteiger partial charge >= 0.3 is 5.97 Å². The van der Waals surface area contributed by atoms with E-state index in [0.29, 0.717) is 51.3 Å². The number of hydrogen-bond donors (Lipinski definition) is 1. The molecule has 1 N–H and O–H groups in total. The molecule has 0 saturated heterocycles. The van der Waals surface area contributed by atoms with Gasteiger partial charge in [-0.3, -0.25) is 14.6 Å². The van der Waals surface area contributed by atoms with Crippen molar-refractivity contribution >= 4 is 45.0 Å². The van der Waals surface area contributed by atoms with Crippen molar-refractivity contribution in [2.75, 3.05) is 7.11 Å². The van der Waals surface area contributed by atoms with Gasteiger partial charge in [-0.15, -0.1) is 0 Å². The molecule has 2 aromatic carbocycles. The topological polar surface area (TPSA) is 85.2 Å². The summed E-state index contributed by atoms with van der Waals surface area (Å²) in [5.41, 5.74) is 3.50. The number of carbonyl (C=O) groups is 2. The average molecular weight is 575 g/mol. The number of aromatic hydroxyl groups is 1. The molecule has 190 valence electrons. The zero-order valence-corrected chi connectivity index (χ0v) is 23.0. The van der Waals surface area contributed by atoms with E-state index >= 15 is 0 Å². The largest absolute Gasteiger partial charge is 0.503 e. The number of allylic oxidation sites excluding steroid dienone is 2. The molecule has 1 aliphatic carbocycles. The highest BCUT2D eigenvalue weighted by molar-refractivity contribution is 9.10. The van der Waals surface area contributed by atoms with Gasteiger partial charge < -0.3 is 14.6 Å². The SMILES string of the molecule is CC[C@@H](C)OC(=O)C1C(C)=NC2=C(C(=O)C[C@H](c3ccc(Cl)cc3)C2)[C@H]1c1cc(Br)c(O)c(OC)c1. The molecule has 2 aliphatic rings. The van der Waals surface area contributed by atoms with E-state index in [-0.39, 0.29) is 29.3 Å². The normalized spacial score (nSPS) is 22.6. The van der Waals surface area contributed by atoms with Gasteiger partial charge in [0.2, 0.25) is 0 Å². The molecule has 0 spiro atoms. The fourth-order valence-corrected chi connectivity index (χ4v) is 5.57. The number of phenolic OH excluding ortho intramolecular Hbond substituents is 1. The molecule has 0 radical (unpaired) electrons. The third-order valence-corrected chi connectivity index (χ3v) is 7.86. The number of aliphatic imine (C=N–C) groups is 1. The Kier molecular flexibility index (Phi) is 7.90. The first-order valence-corrected chi connectivity index (χ1v) is 13.1. The van der Waals surface area contributed by atoms with E-state index in [9.17, 15) is 14.7 Å². The number of methoxy groups -OCH3 is 1. The summed E-state index contributed by atoms with van der Waals surface area (Å²) in [7, 11) is 1.46. The lowest BCUT2D eigenvalue weighted by Crippen LogP contribution is -2.39. The van der Waals surface area contributed by atoms with Gasteiger partial charge in [0.15, 0.2) is 17.3 Å². The summed E-state index contributed by atoms with van der Waals surface area (Å²) < 4.78 is 11.5. The van der Waals surface area contributed by atoms with Gasteiger partial charge in [0, 0.05) is 34.3 Å². The molecule has 1 heterocycles. The molecule has 0 saturated carbocycles. The second-order valence-corrected chi connectivity index (χ2v) is 10.6. The standard InChI is InChI=1S/C28H29BrClNO5/c1-5-14(2)36-28(34)24-15(3)31-21-11-17(16-6-8-19(30)9-7-16)12-22(32)26(21)25(24)18-10-20(29)27(33)23(13-18)35-4/h6-10,13-14,17,24-25,33H,5,11-12H2,1-4H3/t14-,17-,24?,25+/m1/s1. The van der Waals surface area contributed by atoms with E-state index in [1.165, 1.54) is 7.11 Å².